The number of rotatable bonds is 6. The van der Waals surface area contributed by atoms with Gasteiger partial charge in [-0.2, -0.15) is 0 Å². The molecule has 1 aliphatic carbocycles. The topological polar surface area (TPSA) is 65.1 Å². The fourth-order valence-electron chi connectivity index (χ4n) is 4.20. The molecule has 1 atom stereocenters. The number of allylic oxidation sites excluding steroid dienone is 2. The van der Waals surface area contributed by atoms with Crippen LogP contribution < -0.4 is 4.74 Å². The van der Waals surface area contributed by atoms with Gasteiger partial charge in [0.2, 0.25) is 0 Å². The van der Waals surface area contributed by atoms with Crippen LogP contribution in [-0.2, 0) is 14.3 Å². The van der Waals surface area contributed by atoms with Crippen molar-refractivity contribution < 1.29 is 28.2 Å². The maximum Gasteiger partial charge on any atom is 0.410 e. The van der Waals surface area contributed by atoms with E-state index in [-0.39, 0.29) is 35.5 Å². The Morgan fingerprint density at radius 2 is 1.88 bits per heavy atom. The van der Waals surface area contributed by atoms with Gasteiger partial charge in [-0.25, -0.2) is 9.18 Å². The number of hydrogen-bond donors (Lipinski definition) is 0. The van der Waals surface area contributed by atoms with Gasteiger partial charge in [0.15, 0.2) is 11.6 Å². The van der Waals surface area contributed by atoms with Crippen molar-refractivity contribution in [2.45, 2.75) is 65.4 Å². The average Bonchev–Trinajstić information content (AvgIpc) is 2.78. The largest absolute Gasteiger partial charge is 0.490 e. The van der Waals surface area contributed by atoms with Gasteiger partial charge in [-0.1, -0.05) is 12.1 Å². The smallest absolute Gasteiger partial charge is 0.410 e. The van der Waals surface area contributed by atoms with E-state index >= 15 is 0 Å². The van der Waals surface area contributed by atoms with Gasteiger partial charge in [0, 0.05) is 13.1 Å². The minimum atomic E-state index is -0.503. The molecule has 0 N–H and O–H groups in total. The quantitative estimate of drug-likeness (QED) is 0.516. The maximum absolute atomic E-state index is 14.7. The molecule has 1 heterocycles. The number of likely N-dealkylation sites (tertiary alicyclic amines) is 1. The molecule has 2 aliphatic rings. The second kappa shape index (κ2) is 11.0. The van der Waals surface area contributed by atoms with Gasteiger partial charge in [-0.15, -0.1) is 0 Å². The molecule has 1 aromatic rings. The van der Waals surface area contributed by atoms with Crippen molar-refractivity contribution in [1.82, 2.24) is 4.90 Å². The van der Waals surface area contributed by atoms with Gasteiger partial charge < -0.3 is 19.1 Å². The van der Waals surface area contributed by atoms with E-state index in [4.69, 9.17) is 14.2 Å². The monoisotopic (exact) mass is 461 g/mol. The van der Waals surface area contributed by atoms with E-state index < -0.39 is 5.60 Å². The van der Waals surface area contributed by atoms with E-state index in [9.17, 15) is 14.0 Å². The minimum absolute atomic E-state index is 0.108. The van der Waals surface area contributed by atoms with Crippen molar-refractivity contribution in [2.24, 2.45) is 11.8 Å². The lowest BCUT2D eigenvalue weighted by atomic mass is 9.86. The molecule has 0 bridgehead atoms. The first-order chi connectivity index (χ1) is 15.7. The Morgan fingerprint density at radius 1 is 1.15 bits per heavy atom. The molecule has 1 fully saturated rings. The van der Waals surface area contributed by atoms with E-state index in [0.717, 1.165) is 30.4 Å². The standard InChI is InChI=1S/C26H36FNO5/c1-5-31-24(29)20-8-6-19(7-9-20)21-10-11-23(22(27)16-21)32-17-18-12-14-28(15-13-18)25(30)33-26(2,3)4/h6,10-11,16,18,20H,5,7-9,12-15,17H2,1-4H3. The molecule has 3 rings (SSSR count). The van der Waals surface area contributed by atoms with Crippen LogP contribution in [0, 0.1) is 17.7 Å². The van der Waals surface area contributed by atoms with Crippen molar-refractivity contribution in [3.63, 3.8) is 0 Å². The summed E-state index contributed by atoms with van der Waals surface area (Å²) in [7, 11) is 0. The number of ether oxygens (including phenoxy) is 3. The van der Waals surface area contributed by atoms with Gasteiger partial charge in [0.05, 0.1) is 19.1 Å². The number of benzene rings is 1. The third-order valence-electron chi connectivity index (χ3n) is 6.07. The number of halogens is 1. The Hall–Kier alpha value is -2.57. The maximum atomic E-state index is 14.7. The number of carbonyl (C=O) groups excluding carboxylic acids is 2. The lowest BCUT2D eigenvalue weighted by Crippen LogP contribution is -2.42. The van der Waals surface area contributed by atoms with Gasteiger partial charge in [0.25, 0.3) is 0 Å². The molecule has 1 aliphatic heterocycles. The zero-order chi connectivity index (χ0) is 24.0. The summed E-state index contributed by atoms with van der Waals surface area (Å²) in [5, 5.41) is 0. The molecule has 182 valence electrons. The molecule has 7 heteroatoms. The molecule has 1 aromatic carbocycles. The van der Waals surface area contributed by atoms with Crippen LogP contribution >= 0.6 is 0 Å². The normalized spacial score (nSPS) is 19.6. The van der Waals surface area contributed by atoms with Gasteiger partial charge in [-0.05, 0) is 89.0 Å². The Labute approximate surface area is 196 Å². The van der Waals surface area contributed by atoms with Gasteiger partial charge in [0.1, 0.15) is 5.60 Å². The van der Waals surface area contributed by atoms with Crippen LogP contribution in [0.5, 0.6) is 5.75 Å². The first-order valence-electron chi connectivity index (χ1n) is 11.9. The van der Waals surface area contributed by atoms with Crippen LogP contribution in [0.25, 0.3) is 5.57 Å². The molecule has 1 saturated heterocycles. The van der Waals surface area contributed by atoms with Crippen LogP contribution in [-0.4, -0.2) is 48.9 Å². The van der Waals surface area contributed by atoms with Crippen LogP contribution in [0.3, 0.4) is 0 Å². The average molecular weight is 462 g/mol. The molecule has 6 nitrogen and oxygen atoms in total. The lowest BCUT2D eigenvalue weighted by Gasteiger charge is -2.33. The van der Waals surface area contributed by atoms with Crippen molar-refractivity contribution in [2.75, 3.05) is 26.3 Å². The Balaban J connectivity index is 1.48. The molecule has 1 amide bonds. The van der Waals surface area contributed by atoms with E-state index in [0.29, 0.717) is 39.1 Å². The highest BCUT2D eigenvalue weighted by atomic mass is 19.1. The van der Waals surface area contributed by atoms with Crippen molar-refractivity contribution in [3.05, 3.63) is 35.7 Å². The minimum Gasteiger partial charge on any atom is -0.490 e. The summed E-state index contributed by atoms with van der Waals surface area (Å²) >= 11 is 0. The number of nitrogens with zero attached hydrogens (tertiary/aromatic N) is 1. The molecule has 33 heavy (non-hydrogen) atoms. The summed E-state index contributed by atoms with van der Waals surface area (Å²) in [6.45, 7) is 9.42. The number of amides is 1. The van der Waals surface area contributed by atoms with Crippen molar-refractivity contribution in [3.8, 4) is 5.75 Å². The Bertz CT molecular complexity index is 868. The highest BCUT2D eigenvalue weighted by molar-refractivity contribution is 5.75. The second-order valence-electron chi connectivity index (χ2n) is 9.82. The fraction of sp³-hybridized carbons (Fsp3) is 0.615. The SMILES string of the molecule is CCOC(=O)C1CC=C(c2ccc(OCC3CCN(C(=O)OC(C)(C)C)CC3)c(F)c2)CC1. The van der Waals surface area contributed by atoms with Crippen molar-refractivity contribution >= 4 is 17.6 Å². The number of esters is 1. The fourth-order valence-corrected chi connectivity index (χ4v) is 4.20. The summed E-state index contributed by atoms with van der Waals surface area (Å²) in [5.41, 5.74) is 1.38. The summed E-state index contributed by atoms with van der Waals surface area (Å²) in [6.07, 6.45) is 5.39. The van der Waals surface area contributed by atoms with E-state index in [1.54, 1.807) is 17.9 Å². The third-order valence-corrected chi connectivity index (χ3v) is 6.07. The van der Waals surface area contributed by atoms with Crippen LogP contribution in [0.4, 0.5) is 9.18 Å². The van der Waals surface area contributed by atoms with E-state index in [1.807, 2.05) is 32.9 Å². The Morgan fingerprint density at radius 3 is 2.45 bits per heavy atom. The zero-order valence-corrected chi connectivity index (χ0v) is 20.2. The number of piperidine rings is 1. The molecule has 0 spiro atoms. The van der Waals surface area contributed by atoms with E-state index in [1.165, 1.54) is 6.07 Å². The van der Waals surface area contributed by atoms with Gasteiger partial charge >= 0.3 is 12.1 Å². The number of carbonyl (C=O) groups is 2. The summed E-state index contributed by atoms with van der Waals surface area (Å²) in [5.74, 6) is -0.132. The summed E-state index contributed by atoms with van der Waals surface area (Å²) in [6, 6.07) is 5.07. The third kappa shape index (κ3) is 7.21. The molecule has 1 unspecified atom stereocenters. The van der Waals surface area contributed by atoms with Crippen LogP contribution in [0.15, 0.2) is 24.3 Å². The van der Waals surface area contributed by atoms with E-state index in [2.05, 4.69) is 0 Å². The van der Waals surface area contributed by atoms with Crippen LogP contribution in [0.2, 0.25) is 0 Å². The highest BCUT2D eigenvalue weighted by Gasteiger charge is 2.27. The first-order valence-corrected chi connectivity index (χ1v) is 11.9. The predicted molar refractivity (Wildman–Crippen MR) is 124 cm³/mol. The van der Waals surface area contributed by atoms with Crippen LogP contribution in [0.1, 0.15) is 65.4 Å². The molecular weight excluding hydrogens is 425 g/mol. The van der Waals surface area contributed by atoms with Gasteiger partial charge in [-0.3, -0.25) is 4.79 Å². The highest BCUT2D eigenvalue weighted by Crippen LogP contribution is 2.33. The molecule has 0 radical (unpaired) electrons. The zero-order valence-electron chi connectivity index (χ0n) is 20.2. The lowest BCUT2D eigenvalue weighted by molar-refractivity contribution is -0.148. The molecular formula is C26H36FNO5. The first kappa shape index (κ1) is 25.1. The summed E-state index contributed by atoms with van der Waals surface area (Å²) in [4.78, 5) is 25.8. The predicted octanol–water partition coefficient (Wildman–Crippen LogP) is 5.60. The molecule has 0 aromatic heterocycles. The summed E-state index contributed by atoms with van der Waals surface area (Å²) < 4.78 is 31.0. The Kier molecular flexibility index (Phi) is 8.38. The number of hydrogen-bond acceptors (Lipinski definition) is 5. The van der Waals surface area contributed by atoms with Crippen molar-refractivity contribution in [1.29, 1.82) is 0 Å². The molecule has 0 saturated carbocycles. The second-order valence-corrected chi connectivity index (χ2v) is 9.82.